The molecule has 3 rings (SSSR count). The number of fused-ring (bicyclic) bond motifs is 1. The molecule has 0 bridgehead atoms. The molecule has 0 aliphatic carbocycles. The van der Waals surface area contributed by atoms with Gasteiger partial charge >= 0.3 is 5.97 Å². The molecule has 7 nitrogen and oxygen atoms in total. The first-order valence-corrected chi connectivity index (χ1v) is 8.29. The van der Waals surface area contributed by atoms with E-state index < -0.39 is 24.3 Å². The lowest BCUT2D eigenvalue weighted by atomic mass is 10.2. The molecular weight excluding hydrogens is 357 g/mol. The second-order valence-corrected chi connectivity index (χ2v) is 5.70. The molecule has 1 aliphatic rings. The molecule has 0 aromatic heterocycles. The molecule has 0 radical (unpaired) electrons. The molecule has 2 aromatic carbocycles. The smallest absolute Gasteiger partial charge is 0.344 e. The number of para-hydroxylation sites is 2. The van der Waals surface area contributed by atoms with Gasteiger partial charge in [0.25, 0.3) is 5.91 Å². The summed E-state index contributed by atoms with van der Waals surface area (Å²) in [7, 11) is 0. The van der Waals surface area contributed by atoms with Crippen molar-refractivity contribution in [2.24, 2.45) is 0 Å². The number of esters is 1. The fraction of sp³-hybridized carbons (Fsp3) is 0.263. The summed E-state index contributed by atoms with van der Waals surface area (Å²) in [5.41, 5.74) is 0. The lowest BCUT2D eigenvalue weighted by Crippen LogP contribution is -2.42. The number of carbonyl (C=O) groups is 2. The second kappa shape index (κ2) is 8.88. The minimum Gasteiger partial charge on any atom is -0.486 e. The Morgan fingerprint density at radius 2 is 1.81 bits per heavy atom. The van der Waals surface area contributed by atoms with E-state index in [-0.39, 0.29) is 19.3 Å². The number of carbonyl (C=O) groups excluding carboxylic acids is 2. The molecule has 1 atom stereocenters. The van der Waals surface area contributed by atoms with Gasteiger partial charge in [-0.25, -0.2) is 9.18 Å². The van der Waals surface area contributed by atoms with Gasteiger partial charge in [-0.15, -0.1) is 0 Å². The topological polar surface area (TPSA) is 83.1 Å². The normalized spacial score (nSPS) is 14.9. The van der Waals surface area contributed by atoms with E-state index in [0.717, 1.165) is 0 Å². The molecule has 1 aliphatic heterocycles. The van der Waals surface area contributed by atoms with Gasteiger partial charge in [-0.05, 0) is 36.4 Å². The molecular formula is C19H18FNO6. The lowest BCUT2D eigenvalue weighted by Gasteiger charge is -2.26. The van der Waals surface area contributed by atoms with Crippen LogP contribution in [0.2, 0.25) is 0 Å². The maximum Gasteiger partial charge on any atom is 0.344 e. The number of rotatable bonds is 7. The molecule has 8 heteroatoms. The van der Waals surface area contributed by atoms with Gasteiger partial charge in [0.1, 0.15) is 24.3 Å². The van der Waals surface area contributed by atoms with E-state index in [0.29, 0.717) is 23.9 Å². The number of amides is 1. The zero-order valence-electron chi connectivity index (χ0n) is 14.4. The van der Waals surface area contributed by atoms with Crippen LogP contribution in [0.25, 0.3) is 0 Å². The van der Waals surface area contributed by atoms with Crippen molar-refractivity contribution < 1.29 is 32.9 Å². The molecule has 0 saturated heterocycles. The summed E-state index contributed by atoms with van der Waals surface area (Å²) < 4.78 is 34.0. The number of benzene rings is 2. The van der Waals surface area contributed by atoms with Crippen LogP contribution in [-0.4, -0.2) is 44.3 Å². The van der Waals surface area contributed by atoms with Crippen molar-refractivity contribution in [3.63, 3.8) is 0 Å². The number of ether oxygens (including phenoxy) is 4. The average molecular weight is 375 g/mol. The zero-order valence-corrected chi connectivity index (χ0v) is 14.4. The van der Waals surface area contributed by atoms with Gasteiger partial charge in [-0.2, -0.15) is 0 Å². The predicted molar refractivity (Wildman–Crippen MR) is 92.2 cm³/mol. The molecule has 2 aromatic rings. The first-order chi connectivity index (χ1) is 13.1. The van der Waals surface area contributed by atoms with E-state index in [1.54, 1.807) is 12.1 Å². The van der Waals surface area contributed by atoms with Gasteiger partial charge in [-0.1, -0.05) is 12.1 Å². The summed E-state index contributed by atoms with van der Waals surface area (Å²) in [6, 6.07) is 12.5. The van der Waals surface area contributed by atoms with Crippen molar-refractivity contribution in [2.45, 2.75) is 6.10 Å². The lowest BCUT2D eigenvalue weighted by molar-refractivity contribution is -0.150. The van der Waals surface area contributed by atoms with Crippen molar-refractivity contribution in [2.75, 3.05) is 26.4 Å². The first-order valence-electron chi connectivity index (χ1n) is 8.29. The molecule has 142 valence electrons. The highest BCUT2D eigenvalue weighted by Gasteiger charge is 2.21. The molecule has 0 fully saturated rings. The van der Waals surface area contributed by atoms with Crippen molar-refractivity contribution in [1.29, 1.82) is 0 Å². The van der Waals surface area contributed by atoms with Crippen LogP contribution in [0, 0.1) is 5.82 Å². The van der Waals surface area contributed by atoms with Crippen molar-refractivity contribution >= 4 is 11.9 Å². The Balaban J connectivity index is 1.32. The summed E-state index contributed by atoms with van der Waals surface area (Å²) in [4.78, 5) is 23.4. The monoisotopic (exact) mass is 375 g/mol. The van der Waals surface area contributed by atoms with E-state index >= 15 is 0 Å². The van der Waals surface area contributed by atoms with E-state index in [9.17, 15) is 14.0 Å². The SMILES string of the molecule is O=C(COC(=O)COc1ccc(F)cc1)NC[C@@H]1COc2ccccc2O1. The van der Waals surface area contributed by atoms with Gasteiger partial charge in [0, 0.05) is 0 Å². The third-order valence-electron chi connectivity index (χ3n) is 3.63. The summed E-state index contributed by atoms with van der Waals surface area (Å²) >= 11 is 0. The molecule has 1 N–H and O–H groups in total. The number of nitrogens with one attached hydrogen (secondary N) is 1. The van der Waals surface area contributed by atoms with Crippen LogP contribution in [0.4, 0.5) is 4.39 Å². The Morgan fingerprint density at radius 1 is 1.07 bits per heavy atom. The number of hydrogen-bond donors (Lipinski definition) is 1. The van der Waals surface area contributed by atoms with Crippen molar-refractivity contribution in [3.05, 3.63) is 54.3 Å². The van der Waals surface area contributed by atoms with Gasteiger partial charge in [0.2, 0.25) is 0 Å². The highest BCUT2D eigenvalue weighted by Crippen LogP contribution is 2.30. The Morgan fingerprint density at radius 3 is 2.59 bits per heavy atom. The molecule has 0 saturated carbocycles. The third-order valence-corrected chi connectivity index (χ3v) is 3.63. The van der Waals surface area contributed by atoms with Gasteiger partial charge in [0.15, 0.2) is 24.7 Å². The highest BCUT2D eigenvalue weighted by molar-refractivity contribution is 5.80. The number of halogens is 1. The Bertz CT molecular complexity index is 795. The van der Waals surface area contributed by atoms with Crippen LogP contribution in [0.3, 0.4) is 0 Å². The van der Waals surface area contributed by atoms with Gasteiger partial charge in [-0.3, -0.25) is 4.79 Å². The molecule has 0 spiro atoms. The van der Waals surface area contributed by atoms with E-state index in [4.69, 9.17) is 18.9 Å². The Kier molecular flexibility index (Phi) is 6.09. The molecule has 27 heavy (non-hydrogen) atoms. The van der Waals surface area contributed by atoms with Crippen LogP contribution in [0.15, 0.2) is 48.5 Å². The predicted octanol–water partition coefficient (Wildman–Crippen LogP) is 1.70. The largest absolute Gasteiger partial charge is 0.486 e. The molecule has 1 amide bonds. The highest BCUT2D eigenvalue weighted by atomic mass is 19.1. The maximum absolute atomic E-state index is 12.8. The quantitative estimate of drug-likeness (QED) is 0.742. The van der Waals surface area contributed by atoms with Gasteiger partial charge < -0.3 is 24.3 Å². The number of hydrogen-bond acceptors (Lipinski definition) is 6. The minimum absolute atomic E-state index is 0.219. The van der Waals surface area contributed by atoms with Gasteiger partial charge in [0.05, 0.1) is 6.54 Å². The minimum atomic E-state index is -0.708. The summed E-state index contributed by atoms with van der Waals surface area (Å²) in [6.45, 7) is -0.287. The van der Waals surface area contributed by atoms with Crippen LogP contribution in [-0.2, 0) is 14.3 Å². The average Bonchev–Trinajstić information content (AvgIpc) is 2.70. The standard InChI is InChI=1S/C19H18FNO6/c20-13-5-7-14(8-6-13)24-12-19(23)26-11-18(22)21-9-15-10-25-16-3-1-2-4-17(16)27-15/h1-8,15H,9-12H2,(H,21,22)/t15-/m1/s1. The summed E-state index contributed by atoms with van der Waals surface area (Å²) in [6.07, 6.45) is -0.332. The summed E-state index contributed by atoms with van der Waals surface area (Å²) in [5, 5.41) is 2.61. The Labute approximate surface area is 155 Å². The maximum atomic E-state index is 12.8. The van der Waals surface area contributed by atoms with Crippen molar-refractivity contribution in [1.82, 2.24) is 5.32 Å². The second-order valence-electron chi connectivity index (χ2n) is 5.70. The first kappa shape index (κ1) is 18.5. The van der Waals surface area contributed by atoms with Crippen molar-refractivity contribution in [3.8, 4) is 17.2 Å². The molecule has 1 heterocycles. The fourth-order valence-electron chi connectivity index (χ4n) is 2.30. The van der Waals surface area contributed by atoms with Crippen LogP contribution in [0.1, 0.15) is 0 Å². The van der Waals surface area contributed by atoms with Crippen LogP contribution < -0.4 is 19.5 Å². The van der Waals surface area contributed by atoms with E-state index in [1.165, 1.54) is 24.3 Å². The fourth-order valence-corrected chi connectivity index (χ4v) is 2.30. The Hall–Kier alpha value is -3.29. The third kappa shape index (κ3) is 5.60. The van der Waals surface area contributed by atoms with Crippen LogP contribution in [0.5, 0.6) is 17.2 Å². The summed E-state index contributed by atoms with van der Waals surface area (Å²) in [5.74, 6) is 0.0285. The molecule has 0 unspecified atom stereocenters. The van der Waals surface area contributed by atoms with Crippen LogP contribution >= 0.6 is 0 Å². The van der Waals surface area contributed by atoms with E-state index in [2.05, 4.69) is 5.32 Å². The van der Waals surface area contributed by atoms with E-state index in [1.807, 2.05) is 12.1 Å². The zero-order chi connectivity index (χ0) is 19.1.